The minimum atomic E-state index is -3.91. The van der Waals surface area contributed by atoms with Crippen molar-refractivity contribution in [1.82, 2.24) is 0 Å². The van der Waals surface area contributed by atoms with Crippen LogP contribution in [0.5, 0.6) is 0 Å². The van der Waals surface area contributed by atoms with Gasteiger partial charge in [-0.2, -0.15) is 12.8 Å². The lowest BCUT2D eigenvalue weighted by atomic mass is 10.1. The van der Waals surface area contributed by atoms with Crippen LogP contribution in [0, 0.1) is 12.7 Å². The van der Waals surface area contributed by atoms with Crippen LogP contribution in [0.4, 0.5) is 4.39 Å². The number of sulfonamides is 1. The van der Waals surface area contributed by atoms with Gasteiger partial charge in [-0.05, 0) is 42.8 Å². The van der Waals surface area contributed by atoms with Crippen molar-refractivity contribution in [2.45, 2.75) is 11.8 Å². The van der Waals surface area contributed by atoms with Crippen LogP contribution in [0.25, 0.3) is 6.08 Å². The lowest BCUT2D eigenvalue weighted by molar-refractivity contribution is -0.134. The minimum absolute atomic E-state index is 0.0393. The van der Waals surface area contributed by atoms with Gasteiger partial charge in [-0.15, -0.1) is 0 Å². The van der Waals surface area contributed by atoms with Gasteiger partial charge in [0.2, 0.25) is 0 Å². The van der Waals surface area contributed by atoms with E-state index >= 15 is 0 Å². The van der Waals surface area contributed by atoms with E-state index in [2.05, 4.69) is 9.13 Å². The molecular formula is C18H16FNO4S. The number of hydrogen-bond acceptors (Lipinski definition) is 4. The van der Waals surface area contributed by atoms with E-state index in [-0.39, 0.29) is 10.5 Å². The van der Waals surface area contributed by atoms with Crippen molar-refractivity contribution >= 4 is 28.3 Å². The molecule has 0 unspecified atom stereocenters. The summed E-state index contributed by atoms with van der Waals surface area (Å²) >= 11 is 0. The van der Waals surface area contributed by atoms with Crippen LogP contribution in [0.3, 0.4) is 0 Å². The summed E-state index contributed by atoms with van der Waals surface area (Å²) in [6.07, 6.45) is 3.60. The van der Waals surface area contributed by atoms with E-state index in [9.17, 15) is 17.6 Å². The molecule has 0 atom stereocenters. The monoisotopic (exact) mass is 361 g/mol. The number of methoxy groups -OCH3 is 1. The van der Waals surface area contributed by atoms with Crippen molar-refractivity contribution in [3.63, 3.8) is 0 Å². The zero-order valence-corrected chi connectivity index (χ0v) is 14.5. The summed E-state index contributed by atoms with van der Waals surface area (Å²) in [5, 5.41) is 0. The fourth-order valence-corrected chi connectivity index (χ4v) is 2.79. The SMILES string of the molecule is COC(=O)/C=C/c1ccc(F)cc1/C=N\S(=O)(=O)c1ccc(C)cc1. The Kier molecular flexibility index (Phi) is 5.82. The Morgan fingerprint density at radius 3 is 2.44 bits per heavy atom. The zero-order chi connectivity index (χ0) is 18.4. The molecule has 0 fully saturated rings. The lowest BCUT2D eigenvalue weighted by Gasteiger charge is -2.02. The number of ether oxygens (including phenoxy) is 1. The lowest BCUT2D eigenvalue weighted by Crippen LogP contribution is -1.99. The molecule has 0 radical (unpaired) electrons. The highest BCUT2D eigenvalue weighted by atomic mass is 32.2. The first-order valence-electron chi connectivity index (χ1n) is 7.24. The Morgan fingerprint density at radius 1 is 1.12 bits per heavy atom. The van der Waals surface area contributed by atoms with Crippen molar-refractivity contribution < 1.29 is 22.3 Å². The molecule has 0 amide bonds. The van der Waals surface area contributed by atoms with Crippen LogP contribution in [-0.2, 0) is 19.6 Å². The molecule has 0 aliphatic carbocycles. The van der Waals surface area contributed by atoms with E-state index in [0.29, 0.717) is 5.56 Å². The number of halogens is 1. The van der Waals surface area contributed by atoms with Crippen molar-refractivity contribution in [2.24, 2.45) is 4.40 Å². The van der Waals surface area contributed by atoms with Crippen LogP contribution in [0.1, 0.15) is 16.7 Å². The summed E-state index contributed by atoms with van der Waals surface area (Å²) in [7, 11) is -2.68. The molecular weight excluding hydrogens is 345 g/mol. The minimum Gasteiger partial charge on any atom is -0.466 e. The zero-order valence-electron chi connectivity index (χ0n) is 13.6. The molecule has 0 aliphatic heterocycles. The van der Waals surface area contributed by atoms with E-state index in [1.54, 1.807) is 12.1 Å². The van der Waals surface area contributed by atoms with Gasteiger partial charge in [0.1, 0.15) is 5.82 Å². The van der Waals surface area contributed by atoms with Gasteiger partial charge in [-0.3, -0.25) is 0 Å². The van der Waals surface area contributed by atoms with Crippen molar-refractivity contribution in [2.75, 3.05) is 7.11 Å². The number of rotatable bonds is 5. The molecule has 0 heterocycles. The Balaban J connectivity index is 2.36. The third kappa shape index (κ3) is 5.09. The van der Waals surface area contributed by atoms with Gasteiger partial charge in [-0.1, -0.05) is 23.8 Å². The Morgan fingerprint density at radius 2 is 1.80 bits per heavy atom. The van der Waals surface area contributed by atoms with Gasteiger partial charge in [0.15, 0.2) is 0 Å². The van der Waals surface area contributed by atoms with E-state index in [1.807, 2.05) is 6.92 Å². The molecule has 0 saturated carbocycles. The van der Waals surface area contributed by atoms with Crippen LogP contribution >= 0.6 is 0 Å². The van der Waals surface area contributed by atoms with Crippen LogP contribution in [-0.4, -0.2) is 27.7 Å². The number of hydrogen-bond donors (Lipinski definition) is 0. The first-order chi connectivity index (χ1) is 11.8. The smallest absolute Gasteiger partial charge is 0.330 e. The number of benzene rings is 2. The molecule has 25 heavy (non-hydrogen) atoms. The van der Waals surface area contributed by atoms with Gasteiger partial charge < -0.3 is 4.74 Å². The average molecular weight is 361 g/mol. The first kappa shape index (κ1) is 18.5. The van der Waals surface area contributed by atoms with Gasteiger partial charge in [0.05, 0.1) is 12.0 Å². The number of carbonyl (C=O) groups is 1. The highest BCUT2D eigenvalue weighted by molar-refractivity contribution is 7.90. The largest absolute Gasteiger partial charge is 0.466 e. The summed E-state index contributed by atoms with van der Waals surface area (Å²) in [6.45, 7) is 1.84. The van der Waals surface area contributed by atoms with Crippen molar-refractivity contribution in [3.05, 3.63) is 71.0 Å². The second-order valence-corrected chi connectivity index (χ2v) is 6.78. The molecule has 0 aromatic heterocycles. The van der Waals surface area contributed by atoms with Gasteiger partial charge in [0.25, 0.3) is 10.0 Å². The van der Waals surface area contributed by atoms with E-state index in [1.165, 1.54) is 37.5 Å². The normalized spacial score (nSPS) is 12.0. The molecule has 130 valence electrons. The molecule has 2 aromatic carbocycles. The molecule has 2 rings (SSSR count). The number of carbonyl (C=O) groups excluding carboxylic acids is 1. The molecule has 5 nitrogen and oxygen atoms in total. The van der Waals surface area contributed by atoms with E-state index < -0.39 is 21.8 Å². The number of aryl methyl sites for hydroxylation is 1. The third-order valence-corrected chi connectivity index (χ3v) is 4.55. The maximum Gasteiger partial charge on any atom is 0.330 e. The Bertz CT molecular complexity index is 932. The summed E-state index contributed by atoms with van der Waals surface area (Å²) in [6, 6.07) is 9.96. The van der Waals surface area contributed by atoms with E-state index in [0.717, 1.165) is 23.9 Å². The van der Waals surface area contributed by atoms with Gasteiger partial charge in [0, 0.05) is 17.9 Å². The summed E-state index contributed by atoms with van der Waals surface area (Å²) in [4.78, 5) is 11.2. The molecule has 7 heteroatoms. The number of esters is 1. The molecule has 2 aromatic rings. The van der Waals surface area contributed by atoms with Crippen LogP contribution < -0.4 is 0 Å². The summed E-state index contributed by atoms with van der Waals surface area (Å²) < 4.78 is 46.0. The Hall–Kier alpha value is -2.80. The summed E-state index contributed by atoms with van der Waals surface area (Å²) in [5.41, 5.74) is 1.56. The van der Waals surface area contributed by atoms with Gasteiger partial charge in [-0.25, -0.2) is 9.18 Å². The topological polar surface area (TPSA) is 72.8 Å². The van der Waals surface area contributed by atoms with Crippen molar-refractivity contribution in [3.8, 4) is 0 Å². The van der Waals surface area contributed by atoms with Crippen LogP contribution in [0.2, 0.25) is 0 Å². The molecule has 0 N–H and O–H groups in total. The quantitative estimate of drug-likeness (QED) is 0.466. The molecule has 0 aliphatic rings. The van der Waals surface area contributed by atoms with E-state index in [4.69, 9.17) is 0 Å². The standard InChI is InChI=1S/C18H16FNO4S/c1-13-3-8-17(9-4-13)25(22,23)20-12-15-11-16(19)7-5-14(15)6-10-18(21)24-2/h3-12H,1-2H3/b10-6+,20-12-. The maximum atomic E-state index is 13.5. The highest BCUT2D eigenvalue weighted by Crippen LogP contribution is 2.15. The molecule has 0 spiro atoms. The maximum absolute atomic E-state index is 13.5. The van der Waals surface area contributed by atoms with Gasteiger partial charge >= 0.3 is 5.97 Å². The highest BCUT2D eigenvalue weighted by Gasteiger charge is 2.11. The van der Waals surface area contributed by atoms with Crippen LogP contribution in [0.15, 0.2) is 57.8 Å². The first-order valence-corrected chi connectivity index (χ1v) is 8.68. The predicted molar refractivity (Wildman–Crippen MR) is 93.4 cm³/mol. The third-order valence-electron chi connectivity index (χ3n) is 3.30. The molecule has 0 saturated heterocycles. The summed E-state index contributed by atoms with van der Waals surface area (Å²) in [5.74, 6) is -1.14. The fraction of sp³-hybridized carbons (Fsp3) is 0.111. The number of nitrogens with zero attached hydrogens (tertiary/aromatic N) is 1. The fourth-order valence-electron chi connectivity index (χ4n) is 1.93. The predicted octanol–water partition coefficient (Wildman–Crippen LogP) is 3.13. The Labute approximate surface area is 145 Å². The second-order valence-electron chi connectivity index (χ2n) is 5.15. The van der Waals surface area contributed by atoms with Crippen molar-refractivity contribution in [1.29, 1.82) is 0 Å². The second kappa shape index (κ2) is 7.85. The average Bonchev–Trinajstić information content (AvgIpc) is 2.59. The molecule has 0 bridgehead atoms.